The Hall–Kier alpha value is -3.09. The first kappa shape index (κ1) is 17.7. The molecule has 0 radical (unpaired) electrons. The van der Waals surface area contributed by atoms with E-state index in [0.717, 1.165) is 29.7 Å². The van der Waals surface area contributed by atoms with Crippen molar-refractivity contribution >= 4 is 23.5 Å². The zero-order valence-electron chi connectivity index (χ0n) is 14.8. The van der Waals surface area contributed by atoms with Crippen LogP contribution in [-0.2, 0) is 17.7 Å². The van der Waals surface area contributed by atoms with Crippen LogP contribution >= 0.6 is 0 Å². The molecule has 0 fully saturated rings. The summed E-state index contributed by atoms with van der Waals surface area (Å²) in [5.74, 6) is -0.130. The summed E-state index contributed by atoms with van der Waals surface area (Å²) in [7, 11) is 1.30. The van der Waals surface area contributed by atoms with Crippen molar-refractivity contribution in [3.63, 3.8) is 0 Å². The molecule has 1 aliphatic carbocycles. The van der Waals surface area contributed by atoms with Crippen LogP contribution in [0.3, 0.4) is 0 Å². The van der Waals surface area contributed by atoms with Gasteiger partial charge in [0.2, 0.25) is 0 Å². The van der Waals surface area contributed by atoms with Gasteiger partial charge in [-0.25, -0.2) is 4.79 Å². The van der Waals surface area contributed by atoms with Crippen molar-refractivity contribution in [1.82, 2.24) is 10.3 Å². The van der Waals surface area contributed by atoms with Crippen molar-refractivity contribution in [2.75, 3.05) is 12.4 Å². The molecule has 0 saturated carbocycles. The monoisotopic (exact) mass is 355 g/mol. The number of carbonyl (C=O) groups is 3. The molecule has 3 rings (SSSR count). The number of ketones is 1. The molecule has 1 aromatic heterocycles. The van der Waals surface area contributed by atoms with Crippen LogP contribution in [0.15, 0.2) is 24.3 Å². The van der Waals surface area contributed by atoms with E-state index in [1.54, 1.807) is 19.1 Å². The third kappa shape index (κ3) is 3.61. The fraction of sp³-hybridized carbons (Fsp3) is 0.316. The molecule has 2 aromatic rings. The van der Waals surface area contributed by atoms with Gasteiger partial charge in [0, 0.05) is 29.9 Å². The van der Waals surface area contributed by atoms with Crippen molar-refractivity contribution in [1.29, 1.82) is 0 Å². The van der Waals surface area contributed by atoms with Crippen LogP contribution in [0, 0.1) is 6.92 Å². The van der Waals surface area contributed by atoms with Crippen LogP contribution < -0.4 is 10.6 Å². The van der Waals surface area contributed by atoms with Gasteiger partial charge >= 0.3 is 6.09 Å². The second-order valence-corrected chi connectivity index (χ2v) is 6.25. The molecule has 0 aliphatic heterocycles. The fourth-order valence-corrected chi connectivity index (χ4v) is 3.15. The molecule has 2 amide bonds. The van der Waals surface area contributed by atoms with E-state index in [1.165, 1.54) is 7.11 Å². The summed E-state index contributed by atoms with van der Waals surface area (Å²) in [6.45, 7) is 2.15. The number of hydrogen-bond donors (Lipinski definition) is 3. The van der Waals surface area contributed by atoms with Crippen LogP contribution in [0.1, 0.15) is 50.5 Å². The van der Waals surface area contributed by atoms with Crippen molar-refractivity contribution in [2.45, 2.75) is 32.7 Å². The molecule has 0 saturated heterocycles. The molecule has 3 N–H and O–H groups in total. The average molecular weight is 355 g/mol. The lowest BCUT2D eigenvalue weighted by Gasteiger charge is -2.09. The highest BCUT2D eigenvalue weighted by molar-refractivity contribution is 6.04. The maximum atomic E-state index is 12.5. The number of benzene rings is 1. The maximum Gasteiger partial charge on any atom is 0.411 e. The molecule has 1 aromatic carbocycles. The van der Waals surface area contributed by atoms with E-state index < -0.39 is 6.09 Å². The van der Waals surface area contributed by atoms with Crippen molar-refractivity contribution < 1.29 is 19.1 Å². The number of anilines is 1. The normalized spacial score (nSPS) is 13.1. The van der Waals surface area contributed by atoms with E-state index in [4.69, 9.17) is 0 Å². The Labute approximate surface area is 151 Å². The Balaban J connectivity index is 1.64. The van der Waals surface area contributed by atoms with E-state index >= 15 is 0 Å². The summed E-state index contributed by atoms with van der Waals surface area (Å²) in [5, 5.41) is 5.42. The van der Waals surface area contributed by atoms with Gasteiger partial charge < -0.3 is 15.0 Å². The molecule has 1 heterocycles. The average Bonchev–Trinajstić information content (AvgIpc) is 2.99. The number of rotatable bonds is 4. The largest absolute Gasteiger partial charge is 0.453 e. The number of aromatic nitrogens is 1. The molecule has 7 nitrogen and oxygen atoms in total. The summed E-state index contributed by atoms with van der Waals surface area (Å²) in [6.07, 6.45) is 1.62. The number of methoxy groups -OCH3 is 1. The number of Topliss-reactive ketones (excluding diaryl/α,β-unsaturated/α-hetero) is 1. The Morgan fingerprint density at radius 3 is 2.58 bits per heavy atom. The SMILES string of the molecule is COC(=O)Nc1ccc(CNC(=O)c2[nH]c3c(c2C)C(=O)CCC3)cc1. The molecule has 1 aliphatic rings. The van der Waals surface area contributed by atoms with E-state index in [9.17, 15) is 14.4 Å². The molecule has 0 atom stereocenters. The molecule has 0 spiro atoms. The van der Waals surface area contributed by atoms with E-state index in [-0.39, 0.29) is 11.7 Å². The number of carbonyl (C=O) groups excluding carboxylic acids is 3. The van der Waals surface area contributed by atoms with Crippen LogP contribution in [-0.4, -0.2) is 29.9 Å². The zero-order chi connectivity index (χ0) is 18.7. The van der Waals surface area contributed by atoms with Gasteiger partial charge in [-0.1, -0.05) is 12.1 Å². The van der Waals surface area contributed by atoms with Gasteiger partial charge in [0.15, 0.2) is 5.78 Å². The third-order valence-corrected chi connectivity index (χ3v) is 4.50. The number of fused-ring (bicyclic) bond motifs is 1. The molecule has 0 bridgehead atoms. The zero-order valence-corrected chi connectivity index (χ0v) is 14.8. The second-order valence-electron chi connectivity index (χ2n) is 6.25. The van der Waals surface area contributed by atoms with Crippen LogP contribution in [0.4, 0.5) is 10.5 Å². The standard InChI is InChI=1S/C19H21N3O4/c1-11-16-14(4-3-5-15(16)23)22-17(11)18(24)20-10-12-6-8-13(9-7-12)21-19(25)26-2/h6-9,22H,3-5,10H2,1-2H3,(H,20,24)(H,21,25). The van der Waals surface area contributed by atoms with E-state index in [2.05, 4.69) is 20.4 Å². The number of hydrogen-bond acceptors (Lipinski definition) is 4. The number of aromatic amines is 1. The van der Waals surface area contributed by atoms with Gasteiger partial charge in [0.1, 0.15) is 5.69 Å². The van der Waals surface area contributed by atoms with Crippen molar-refractivity contribution in [2.24, 2.45) is 0 Å². The number of H-pyrrole nitrogens is 1. The lowest BCUT2D eigenvalue weighted by atomic mass is 9.94. The molecule has 0 unspecified atom stereocenters. The van der Waals surface area contributed by atoms with Gasteiger partial charge in [-0.05, 0) is 43.0 Å². The quantitative estimate of drug-likeness (QED) is 0.785. The number of nitrogens with one attached hydrogen (secondary N) is 3. The highest BCUT2D eigenvalue weighted by Crippen LogP contribution is 2.26. The van der Waals surface area contributed by atoms with Gasteiger partial charge in [-0.2, -0.15) is 0 Å². The smallest absolute Gasteiger partial charge is 0.411 e. The second kappa shape index (κ2) is 7.43. The summed E-state index contributed by atoms with van der Waals surface area (Å²) < 4.78 is 4.53. The summed E-state index contributed by atoms with van der Waals surface area (Å²) in [6, 6.07) is 7.08. The first-order valence-electron chi connectivity index (χ1n) is 8.46. The summed E-state index contributed by atoms with van der Waals surface area (Å²) in [4.78, 5) is 38.8. The molecular weight excluding hydrogens is 334 g/mol. The Kier molecular flexibility index (Phi) is 5.06. The van der Waals surface area contributed by atoms with Crippen LogP contribution in [0.25, 0.3) is 0 Å². The molecule has 7 heteroatoms. The molecular formula is C19H21N3O4. The summed E-state index contributed by atoms with van der Waals surface area (Å²) >= 11 is 0. The minimum Gasteiger partial charge on any atom is -0.453 e. The van der Waals surface area contributed by atoms with Gasteiger partial charge in [0.25, 0.3) is 5.91 Å². The fourth-order valence-electron chi connectivity index (χ4n) is 3.15. The Bertz CT molecular complexity index is 852. The molecule has 136 valence electrons. The van der Waals surface area contributed by atoms with Crippen molar-refractivity contribution in [3.8, 4) is 0 Å². The van der Waals surface area contributed by atoms with Gasteiger partial charge in [0.05, 0.1) is 7.11 Å². The van der Waals surface area contributed by atoms with E-state index in [0.29, 0.717) is 29.9 Å². The lowest BCUT2D eigenvalue weighted by molar-refractivity contribution is 0.0945. The highest BCUT2D eigenvalue weighted by atomic mass is 16.5. The maximum absolute atomic E-state index is 12.5. The minimum absolute atomic E-state index is 0.104. The predicted molar refractivity (Wildman–Crippen MR) is 96.4 cm³/mol. The first-order chi connectivity index (χ1) is 12.5. The highest BCUT2D eigenvalue weighted by Gasteiger charge is 2.26. The van der Waals surface area contributed by atoms with Gasteiger partial charge in [-0.3, -0.25) is 14.9 Å². The predicted octanol–water partition coefficient (Wildman–Crippen LogP) is 2.95. The lowest BCUT2D eigenvalue weighted by Crippen LogP contribution is -2.24. The Morgan fingerprint density at radius 1 is 1.19 bits per heavy atom. The number of aryl methyl sites for hydroxylation is 1. The summed E-state index contributed by atoms with van der Waals surface area (Å²) in [5.41, 5.74) is 4.22. The van der Waals surface area contributed by atoms with Crippen molar-refractivity contribution in [3.05, 3.63) is 52.3 Å². The Morgan fingerprint density at radius 2 is 1.92 bits per heavy atom. The molecule has 26 heavy (non-hydrogen) atoms. The minimum atomic E-state index is -0.535. The third-order valence-electron chi connectivity index (χ3n) is 4.50. The van der Waals surface area contributed by atoms with E-state index in [1.807, 2.05) is 12.1 Å². The van der Waals surface area contributed by atoms with Crippen LogP contribution in [0.2, 0.25) is 0 Å². The number of ether oxygens (including phenoxy) is 1. The van der Waals surface area contributed by atoms with Crippen LogP contribution in [0.5, 0.6) is 0 Å². The number of amides is 2. The topological polar surface area (TPSA) is 100 Å². The van der Waals surface area contributed by atoms with Gasteiger partial charge in [-0.15, -0.1) is 0 Å². The first-order valence-corrected chi connectivity index (χ1v) is 8.46.